The van der Waals surface area contributed by atoms with Crippen molar-refractivity contribution in [3.05, 3.63) is 35.4 Å². The molecule has 0 radical (unpaired) electrons. The van der Waals surface area contributed by atoms with E-state index in [1.54, 1.807) is 20.8 Å². The molecule has 3 rings (SSSR count). The maximum absolute atomic E-state index is 14.7. The van der Waals surface area contributed by atoms with Crippen LogP contribution in [0.2, 0.25) is 0 Å². The summed E-state index contributed by atoms with van der Waals surface area (Å²) in [5.41, 5.74) is -0.621. The van der Waals surface area contributed by atoms with Crippen LogP contribution in [-0.2, 0) is 54.1 Å². The van der Waals surface area contributed by atoms with Gasteiger partial charge in [-0.2, -0.15) is 0 Å². The zero-order valence-electron chi connectivity index (χ0n) is 31.0. The van der Waals surface area contributed by atoms with E-state index in [4.69, 9.17) is 18.9 Å². The molecule has 282 valence electrons. The molecule has 3 unspecified atom stereocenters. The monoisotopic (exact) mass is 716 g/mol. The lowest BCUT2D eigenvalue weighted by Crippen LogP contribution is -2.65. The van der Waals surface area contributed by atoms with Gasteiger partial charge in [0.15, 0.2) is 6.04 Å². The lowest BCUT2D eigenvalue weighted by atomic mass is 9.85. The van der Waals surface area contributed by atoms with Crippen molar-refractivity contribution >= 4 is 41.7 Å². The SMILES string of the molecule is COC(=O)[C@@H](NC(=O)C1(Cc2ccc(C)cc2)CCCN1C(=O)[C@@H]1CCCN1C(=O)C(NC(=O)OC(C)(C)C)C(C)OC(C)=O)[C@@H](C)OC(C)=O. The summed E-state index contributed by atoms with van der Waals surface area (Å²) in [6.45, 7) is 12.5. The van der Waals surface area contributed by atoms with Gasteiger partial charge in [0, 0.05) is 33.4 Å². The Hall–Kier alpha value is -4.69. The molecular formula is C36H52N4O11. The predicted octanol–water partition coefficient (Wildman–Crippen LogP) is 2.34. The normalized spacial score (nSPS) is 21.1. The first-order valence-electron chi connectivity index (χ1n) is 17.2. The van der Waals surface area contributed by atoms with Crippen molar-refractivity contribution in [1.82, 2.24) is 20.4 Å². The van der Waals surface area contributed by atoms with Gasteiger partial charge in [0.2, 0.25) is 17.7 Å². The molecule has 4 amide bonds. The van der Waals surface area contributed by atoms with Crippen LogP contribution in [0.1, 0.15) is 85.3 Å². The molecular weight excluding hydrogens is 664 g/mol. The van der Waals surface area contributed by atoms with Crippen molar-refractivity contribution in [3.63, 3.8) is 0 Å². The number of hydrogen-bond acceptors (Lipinski definition) is 11. The quantitative estimate of drug-likeness (QED) is 0.239. The van der Waals surface area contributed by atoms with Gasteiger partial charge in [-0.05, 0) is 72.8 Å². The number of methoxy groups -OCH3 is 1. The molecule has 0 aliphatic carbocycles. The fourth-order valence-electron chi connectivity index (χ4n) is 6.63. The Balaban J connectivity index is 2.01. The van der Waals surface area contributed by atoms with Gasteiger partial charge in [-0.3, -0.25) is 24.0 Å². The van der Waals surface area contributed by atoms with Crippen LogP contribution in [-0.4, -0.2) is 113 Å². The summed E-state index contributed by atoms with van der Waals surface area (Å²) in [6.07, 6.45) is -1.59. The topological polar surface area (TPSA) is 187 Å². The number of likely N-dealkylation sites (tertiary alicyclic amines) is 2. The van der Waals surface area contributed by atoms with Crippen LogP contribution < -0.4 is 10.6 Å². The van der Waals surface area contributed by atoms with Gasteiger partial charge in [-0.15, -0.1) is 0 Å². The maximum atomic E-state index is 14.7. The number of amides is 4. The van der Waals surface area contributed by atoms with Crippen LogP contribution in [0.3, 0.4) is 0 Å². The van der Waals surface area contributed by atoms with Gasteiger partial charge in [-0.25, -0.2) is 9.59 Å². The number of esters is 3. The van der Waals surface area contributed by atoms with Gasteiger partial charge >= 0.3 is 24.0 Å². The van der Waals surface area contributed by atoms with Crippen LogP contribution >= 0.6 is 0 Å². The van der Waals surface area contributed by atoms with Crippen molar-refractivity contribution in [1.29, 1.82) is 0 Å². The molecule has 2 saturated heterocycles. The number of alkyl carbamates (subject to hydrolysis) is 1. The van der Waals surface area contributed by atoms with Crippen LogP contribution in [0.25, 0.3) is 0 Å². The first-order chi connectivity index (χ1) is 23.8. The Labute approximate surface area is 299 Å². The highest BCUT2D eigenvalue weighted by molar-refractivity contribution is 5.98. The summed E-state index contributed by atoms with van der Waals surface area (Å²) >= 11 is 0. The number of nitrogens with zero attached hydrogens (tertiary/aromatic N) is 2. The first-order valence-corrected chi connectivity index (χ1v) is 17.2. The molecule has 15 nitrogen and oxygen atoms in total. The summed E-state index contributed by atoms with van der Waals surface area (Å²) < 4.78 is 20.8. The number of nitrogens with one attached hydrogen (secondary N) is 2. The summed E-state index contributed by atoms with van der Waals surface area (Å²) in [6, 6.07) is 3.75. The van der Waals surface area contributed by atoms with Crippen LogP contribution in [0.4, 0.5) is 4.79 Å². The minimum Gasteiger partial charge on any atom is -0.467 e. The van der Waals surface area contributed by atoms with Gasteiger partial charge < -0.3 is 39.4 Å². The van der Waals surface area contributed by atoms with Gasteiger partial charge in [0.1, 0.15) is 35.4 Å². The van der Waals surface area contributed by atoms with E-state index in [2.05, 4.69) is 10.6 Å². The molecule has 15 heteroatoms. The molecule has 51 heavy (non-hydrogen) atoms. The summed E-state index contributed by atoms with van der Waals surface area (Å²) in [4.78, 5) is 95.4. The average Bonchev–Trinajstić information content (AvgIpc) is 3.69. The number of hydrogen-bond donors (Lipinski definition) is 2. The second-order valence-corrected chi connectivity index (χ2v) is 14.2. The number of rotatable bonds is 12. The highest BCUT2D eigenvalue weighted by Crippen LogP contribution is 2.36. The van der Waals surface area contributed by atoms with Crippen molar-refractivity contribution < 1.29 is 52.5 Å². The van der Waals surface area contributed by atoms with Crippen molar-refractivity contribution in [2.24, 2.45) is 0 Å². The second kappa shape index (κ2) is 17.0. The highest BCUT2D eigenvalue weighted by atomic mass is 16.6. The summed E-state index contributed by atoms with van der Waals surface area (Å²) in [5.74, 6) is -3.95. The lowest BCUT2D eigenvalue weighted by molar-refractivity contribution is -0.159. The molecule has 1 aromatic rings. The van der Waals surface area contributed by atoms with E-state index in [1.165, 1.54) is 37.5 Å². The van der Waals surface area contributed by atoms with Gasteiger partial charge in [-0.1, -0.05) is 29.8 Å². The average molecular weight is 717 g/mol. The zero-order valence-corrected chi connectivity index (χ0v) is 31.0. The zero-order chi connectivity index (χ0) is 38.3. The molecule has 2 fully saturated rings. The van der Waals surface area contributed by atoms with Crippen molar-refractivity contribution in [2.75, 3.05) is 20.2 Å². The minimum absolute atomic E-state index is 0.0909. The molecule has 1 aromatic carbocycles. The fourth-order valence-corrected chi connectivity index (χ4v) is 6.63. The minimum atomic E-state index is -1.49. The molecule has 2 N–H and O–H groups in total. The second-order valence-electron chi connectivity index (χ2n) is 14.2. The van der Waals surface area contributed by atoms with Crippen LogP contribution in [0, 0.1) is 6.92 Å². The fraction of sp³-hybridized carbons (Fsp3) is 0.639. The van der Waals surface area contributed by atoms with E-state index in [0.29, 0.717) is 12.8 Å². The Morgan fingerprint density at radius 2 is 1.47 bits per heavy atom. The van der Waals surface area contributed by atoms with E-state index < -0.39 is 83.2 Å². The summed E-state index contributed by atoms with van der Waals surface area (Å²) in [7, 11) is 1.15. The largest absolute Gasteiger partial charge is 0.467 e. The van der Waals surface area contributed by atoms with E-state index in [0.717, 1.165) is 18.2 Å². The third-order valence-corrected chi connectivity index (χ3v) is 8.94. The van der Waals surface area contributed by atoms with Crippen molar-refractivity contribution in [3.8, 4) is 0 Å². The number of aryl methyl sites for hydroxylation is 1. The third-order valence-electron chi connectivity index (χ3n) is 8.94. The Morgan fingerprint density at radius 3 is 2.02 bits per heavy atom. The molecule has 2 heterocycles. The van der Waals surface area contributed by atoms with E-state index in [9.17, 15) is 33.6 Å². The van der Waals surface area contributed by atoms with Gasteiger partial charge in [0.05, 0.1) is 7.11 Å². The number of carbonyl (C=O) groups excluding carboxylic acids is 7. The lowest BCUT2D eigenvalue weighted by Gasteiger charge is -2.41. The number of benzene rings is 1. The van der Waals surface area contributed by atoms with E-state index >= 15 is 0 Å². The molecule has 0 spiro atoms. The van der Waals surface area contributed by atoms with Crippen LogP contribution in [0.15, 0.2) is 24.3 Å². The Kier molecular flexibility index (Phi) is 13.6. The standard InChI is InChI=1S/C36H52N4O11/c1-21-13-15-26(16-14-21)20-36(33(46)37-29(32(45)48-9)23(3)50-25(5)42)17-11-19-40(36)30(43)27-12-10-18-39(27)31(44)28(22(2)49-24(4)41)38-34(47)51-35(6,7)8/h13-16,22-23,27-29H,10-12,17-20H2,1-9H3,(H,37,46)(H,38,47)/t22?,23-,27+,28?,29+,36?/m1/s1. The predicted molar refractivity (Wildman–Crippen MR) is 183 cm³/mol. The molecule has 6 atom stereocenters. The smallest absolute Gasteiger partial charge is 0.408 e. The molecule has 2 aliphatic heterocycles. The highest BCUT2D eigenvalue weighted by Gasteiger charge is 2.54. The molecule has 2 aliphatic rings. The van der Waals surface area contributed by atoms with E-state index in [1.807, 2.05) is 31.2 Å². The first kappa shape index (κ1) is 40.7. The van der Waals surface area contributed by atoms with Crippen LogP contribution in [0.5, 0.6) is 0 Å². The molecule has 0 saturated carbocycles. The third kappa shape index (κ3) is 10.4. The molecule has 0 bridgehead atoms. The number of ether oxygens (including phenoxy) is 4. The Morgan fingerprint density at radius 1 is 0.882 bits per heavy atom. The van der Waals surface area contributed by atoms with E-state index in [-0.39, 0.29) is 32.4 Å². The molecule has 0 aromatic heterocycles. The Bertz CT molecular complexity index is 1470. The van der Waals surface area contributed by atoms with Crippen molar-refractivity contribution in [2.45, 2.75) is 129 Å². The van der Waals surface area contributed by atoms with Gasteiger partial charge in [0.25, 0.3) is 0 Å². The number of carbonyl (C=O) groups is 7. The maximum Gasteiger partial charge on any atom is 0.408 e. The summed E-state index contributed by atoms with van der Waals surface area (Å²) in [5, 5.41) is 5.23.